The molecule has 0 spiro atoms. The third-order valence-electron chi connectivity index (χ3n) is 6.29. The normalized spacial score (nSPS) is 16.7. The molecule has 5 rings (SSSR count). The van der Waals surface area contributed by atoms with Gasteiger partial charge in [0, 0.05) is 29.7 Å². The molecule has 1 N–H and O–H groups in total. The van der Waals surface area contributed by atoms with Gasteiger partial charge >= 0.3 is 5.97 Å². The fraction of sp³-hybridized carbons (Fsp3) is 0.259. The minimum absolute atomic E-state index is 0.251. The van der Waals surface area contributed by atoms with Crippen molar-refractivity contribution in [2.45, 2.75) is 31.9 Å². The van der Waals surface area contributed by atoms with Crippen LogP contribution in [0.2, 0.25) is 0 Å². The predicted molar refractivity (Wildman–Crippen MR) is 124 cm³/mol. The molecule has 1 fully saturated rings. The summed E-state index contributed by atoms with van der Waals surface area (Å²) in [4.78, 5) is 25.7. The summed E-state index contributed by atoms with van der Waals surface area (Å²) >= 11 is 0. The van der Waals surface area contributed by atoms with Crippen molar-refractivity contribution >= 4 is 11.9 Å². The van der Waals surface area contributed by atoms with Gasteiger partial charge in [-0.15, -0.1) is 0 Å². The number of halogens is 1. The number of fused-ring (bicyclic) bond motifs is 1. The van der Waals surface area contributed by atoms with Gasteiger partial charge in [-0.25, -0.2) is 9.18 Å². The van der Waals surface area contributed by atoms with E-state index in [0.717, 1.165) is 28.0 Å². The van der Waals surface area contributed by atoms with Gasteiger partial charge in [-0.05, 0) is 60.4 Å². The number of hydrogen-bond donors (Lipinski definition) is 1. The highest BCUT2D eigenvalue weighted by Crippen LogP contribution is 2.38. The Balaban J connectivity index is 1.27. The van der Waals surface area contributed by atoms with Crippen LogP contribution in [0.3, 0.4) is 0 Å². The molecule has 174 valence electrons. The zero-order chi connectivity index (χ0) is 23.7. The molecule has 0 radical (unpaired) electrons. The highest BCUT2D eigenvalue weighted by atomic mass is 19.1. The Morgan fingerprint density at radius 2 is 1.94 bits per heavy atom. The molecule has 7 heteroatoms. The third-order valence-corrected chi connectivity index (χ3v) is 6.29. The van der Waals surface area contributed by atoms with Gasteiger partial charge in [0.25, 0.3) is 5.91 Å². The molecule has 1 atom stereocenters. The maximum Gasteiger partial charge on any atom is 0.326 e. The van der Waals surface area contributed by atoms with Crippen LogP contribution in [0.5, 0.6) is 11.5 Å². The van der Waals surface area contributed by atoms with E-state index in [1.807, 2.05) is 30.3 Å². The number of benzene rings is 3. The van der Waals surface area contributed by atoms with Gasteiger partial charge in [-0.1, -0.05) is 24.3 Å². The Morgan fingerprint density at radius 1 is 1.12 bits per heavy atom. The van der Waals surface area contributed by atoms with Crippen LogP contribution in [0.1, 0.15) is 34.3 Å². The average Bonchev–Trinajstić information content (AvgIpc) is 3.52. The second kappa shape index (κ2) is 9.17. The number of ether oxygens (including phenoxy) is 2. The number of likely N-dealkylation sites (tertiary alicyclic amines) is 1. The largest absolute Gasteiger partial charge is 0.492 e. The second-order valence-corrected chi connectivity index (χ2v) is 8.55. The van der Waals surface area contributed by atoms with Crippen molar-refractivity contribution < 1.29 is 28.6 Å². The van der Waals surface area contributed by atoms with E-state index in [1.54, 1.807) is 18.2 Å². The lowest BCUT2D eigenvalue weighted by atomic mass is 10.0. The first-order valence-electron chi connectivity index (χ1n) is 11.3. The maximum atomic E-state index is 14.0. The van der Waals surface area contributed by atoms with Crippen molar-refractivity contribution in [1.82, 2.24) is 4.90 Å². The Bertz CT molecular complexity index is 1240. The first-order chi connectivity index (χ1) is 16.5. The van der Waals surface area contributed by atoms with Crippen molar-refractivity contribution in [2.75, 3.05) is 13.2 Å². The lowest BCUT2D eigenvalue weighted by molar-refractivity contribution is -0.141. The van der Waals surface area contributed by atoms with E-state index in [4.69, 9.17) is 9.47 Å². The van der Waals surface area contributed by atoms with Gasteiger partial charge in [0.05, 0.1) is 6.61 Å². The van der Waals surface area contributed by atoms with Crippen molar-refractivity contribution in [3.63, 3.8) is 0 Å². The number of nitrogens with zero attached hydrogens (tertiary/aromatic N) is 1. The van der Waals surface area contributed by atoms with Crippen molar-refractivity contribution in [2.24, 2.45) is 0 Å². The standard InChI is InChI=1S/C27H24FNO5/c28-21-14-19-10-12-33-25(19)23(15-21)18-6-8-22(9-7-18)34-16-17-3-1-4-20(13-17)26(30)29-11-2-5-24(29)27(31)32/h1,3-4,6-9,13-15,24H,2,5,10-12,16H2,(H,31,32)/t24-/m0/s1. The molecular weight excluding hydrogens is 437 g/mol. The van der Waals surface area contributed by atoms with Crippen molar-refractivity contribution in [3.8, 4) is 22.6 Å². The van der Waals surface area contributed by atoms with E-state index in [1.165, 1.54) is 17.0 Å². The highest BCUT2D eigenvalue weighted by molar-refractivity contribution is 5.97. The molecule has 0 aromatic heterocycles. The number of carboxylic acids is 1. The van der Waals surface area contributed by atoms with Gasteiger partial charge in [-0.3, -0.25) is 4.79 Å². The lowest BCUT2D eigenvalue weighted by Crippen LogP contribution is -2.40. The van der Waals surface area contributed by atoms with Gasteiger partial charge in [0.15, 0.2) is 0 Å². The topological polar surface area (TPSA) is 76.1 Å². The number of carboxylic acid groups (broad SMARTS) is 1. The molecular formula is C27H24FNO5. The first-order valence-corrected chi connectivity index (χ1v) is 11.3. The zero-order valence-electron chi connectivity index (χ0n) is 18.5. The van der Waals surface area contributed by atoms with Crippen molar-refractivity contribution in [3.05, 3.63) is 83.2 Å². The Labute approximate surface area is 196 Å². The summed E-state index contributed by atoms with van der Waals surface area (Å²) in [5, 5.41) is 9.36. The molecule has 34 heavy (non-hydrogen) atoms. The molecule has 0 saturated carbocycles. The summed E-state index contributed by atoms with van der Waals surface area (Å²) in [5.74, 6) is -0.151. The molecule has 0 bridgehead atoms. The first kappa shape index (κ1) is 21.9. The van der Waals surface area contributed by atoms with Crippen LogP contribution in [0, 0.1) is 5.82 Å². The smallest absolute Gasteiger partial charge is 0.326 e. The van der Waals surface area contributed by atoms with E-state index < -0.39 is 12.0 Å². The predicted octanol–water partition coefficient (Wildman–Crippen LogP) is 4.70. The Morgan fingerprint density at radius 3 is 2.74 bits per heavy atom. The highest BCUT2D eigenvalue weighted by Gasteiger charge is 2.34. The van der Waals surface area contributed by atoms with Crippen LogP contribution in [0.25, 0.3) is 11.1 Å². The molecule has 0 aliphatic carbocycles. The fourth-order valence-corrected chi connectivity index (χ4v) is 4.61. The molecule has 1 amide bonds. The van der Waals surface area contributed by atoms with Gasteiger partial charge < -0.3 is 19.5 Å². The van der Waals surface area contributed by atoms with E-state index in [0.29, 0.717) is 43.7 Å². The molecule has 3 aromatic rings. The van der Waals surface area contributed by atoms with E-state index in [9.17, 15) is 19.1 Å². The van der Waals surface area contributed by atoms with E-state index in [-0.39, 0.29) is 18.3 Å². The second-order valence-electron chi connectivity index (χ2n) is 8.55. The summed E-state index contributed by atoms with van der Waals surface area (Å²) in [6, 6.07) is 16.7. The maximum absolute atomic E-state index is 14.0. The number of aliphatic carboxylic acids is 1. The molecule has 0 unspecified atom stereocenters. The number of carbonyl (C=O) groups excluding carboxylic acids is 1. The minimum Gasteiger partial charge on any atom is -0.492 e. The van der Waals surface area contributed by atoms with Crippen LogP contribution in [-0.4, -0.2) is 41.1 Å². The van der Waals surface area contributed by atoms with Gasteiger partial charge in [0.2, 0.25) is 0 Å². The number of hydrogen-bond acceptors (Lipinski definition) is 4. The van der Waals surface area contributed by atoms with Crippen LogP contribution in [0.15, 0.2) is 60.7 Å². The van der Waals surface area contributed by atoms with Crippen LogP contribution >= 0.6 is 0 Å². The summed E-state index contributed by atoms with van der Waals surface area (Å²) in [6.45, 7) is 1.26. The van der Waals surface area contributed by atoms with Crippen LogP contribution in [0.4, 0.5) is 4.39 Å². The molecule has 2 aliphatic heterocycles. The van der Waals surface area contributed by atoms with Crippen molar-refractivity contribution in [1.29, 1.82) is 0 Å². The Kier molecular flexibility index (Phi) is 5.92. The van der Waals surface area contributed by atoms with Gasteiger partial charge in [-0.2, -0.15) is 0 Å². The molecule has 6 nitrogen and oxygen atoms in total. The average molecular weight is 461 g/mol. The van der Waals surface area contributed by atoms with Crippen LogP contribution in [-0.2, 0) is 17.8 Å². The molecule has 2 heterocycles. The van der Waals surface area contributed by atoms with Crippen LogP contribution < -0.4 is 9.47 Å². The number of amides is 1. The third kappa shape index (κ3) is 4.33. The monoisotopic (exact) mass is 461 g/mol. The molecule has 3 aromatic carbocycles. The number of carbonyl (C=O) groups is 2. The van der Waals surface area contributed by atoms with E-state index >= 15 is 0 Å². The minimum atomic E-state index is -0.969. The quantitative estimate of drug-likeness (QED) is 0.576. The lowest BCUT2D eigenvalue weighted by Gasteiger charge is -2.21. The summed E-state index contributed by atoms with van der Waals surface area (Å²) in [5.41, 5.74) is 3.71. The SMILES string of the molecule is O=C(O)[C@@H]1CCCN1C(=O)c1cccc(COc2ccc(-c3cc(F)cc4c3OCC4)cc2)c1. The Hall–Kier alpha value is -3.87. The van der Waals surface area contributed by atoms with Gasteiger partial charge in [0.1, 0.15) is 30.0 Å². The summed E-state index contributed by atoms with van der Waals surface area (Å²) in [6.07, 6.45) is 1.87. The molecule has 1 saturated heterocycles. The molecule has 2 aliphatic rings. The van der Waals surface area contributed by atoms with E-state index in [2.05, 4.69) is 0 Å². The number of rotatable bonds is 6. The fourth-order valence-electron chi connectivity index (χ4n) is 4.61. The summed E-state index contributed by atoms with van der Waals surface area (Å²) < 4.78 is 25.6. The zero-order valence-corrected chi connectivity index (χ0v) is 18.5. The summed E-state index contributed by atoms with van der Waals surface area (Å²) in [7, 11) is 0.